The van der Waals surface area contributed by atoms with Crippen molar-refractivity contribution in [3.05, 3.63) is 53.8 Å². The summed E-state index contributed by atoms with van der Waals surface area (Å²) < 4.78 is 16.5. The average Bonchev–Trinajstić information content (AvgIpc) is 3.33. The second-order valence-corrected chi connectivity index (χ2v) is 9.85. The van der Waals surface area contributed by atoms with Gasteiger partial charge >= 0.3 is 12.1 Å². The molecule has 1 N–H and O–H groups in total. The van der Waals surface area contributed by atoms with Gasteiger partial charge in [-0.25, -0.2) is 14.6 Å². The van der Waals surface area contributed by atoms with Gasteiger partial charge in [0.2, 0.25) is 11.8 Å². The van der Waals surface area contributed by atoms with Gasteiger partial charge in [0.15, 0.2) is 5.78 Å². The predicted molar refractivity (Wildman–Crippen MR) is 144 cm³/mol. The second-order valence-electron chi connectivity index (χ2n) is 9.85. The molecule has 2 aromatic rings. The first-order valence-electron chi connectivity index (χ1n) is 13.0. The Hall–Kier alpha value is -4.21. The third kappa shape index (κ3) is 7.01. The molecule has 1 fully saturated rings. The summed E-state index contributed by atoms with van der Waals surface area (Å²) in [6.45, 7) is 3.78. The minimum Gasteiger partial charge on any atom is -0.472 e. The largest absolute Gasteiger partial charge is 0.472 e. The van der Waals surface area contributed by atoms with Crippen molar-refractivity contribution in [3.8, 4) is 5.88 Å². The van der Waals surface area contributed by atoms with E-state index < -0.39 is 36.2 Å². The summed E-state index contributed by atoms with van der Waals surface area (Å²) in [7, 11) is 1.25. The van der Waals surface area contributed by atoms with Crippen LogP contribution >= 0.6 is 0 Å². The molecule has 1 aromatic heterocycles. The van der Waals surface area contributed by atoms with Crippen LogP contribution in [0.3, 0.4) is 0 Å². The van der Waals surface area contributed by atoms with Crippen molar-refractivity contribution in [2.24, 2.45) is 0 Å². The molecule has 10 heteroatoms. The van der Waals surface area contributed by atoms with Crippen molar-refractivity contribution in [1.29, 1.82) is 0 Å². The molecule has 0 aliphatic carbocycles. The highest BCUT2D eigenvalue weighted by Gasteiger charge is 2.44. The number of hydrogen-bond donors (Lipinski definition) is 1. The zero-order valence-corrected chi connectivity index (χ0v) is 22.3. The number of fused-ring (bicyclic) bond motifs is 3. The molecule has 2 amide bonds. The Morgan fingerprint density at radius 1 is 1.23 bits per heavy atom. The van der Waals surface area contributed by atoms with Crippen LogP contribution in [0.25, 0.3) is 16.8 Å². The topological polar surface area (TPSA) is 124 Å². The molecule has 4 bridgehead atoms. The number of methoxy groups -OCH3 is 1. The Labute approximate surface area is 227 Å². The number of nitrogens with one attached hydrogen (secondary N) is 1. The van der Waals surface area contributed by atoms with E-state index in [1.165, 1.54) is 18.1 Å². The fourth-order valence-electron chi connectivity index (χ4n) is 4.76. The fourth-order valence-corrected chi connectivity index (χ4v) is 4.76. The van der Waals surface area contributed by atoms with Crippen molar-refractivity contribution in [3.63, 3.8) is 0 Å². The summed E-state index contributed by atoms with van der Waals surface area (Å²) in [6, 6.07) is 5.76. The number of hydrogen-bond acceptors (Lipinski definition) is 8. The summed E-state index contributed by atoms with van der Waals surface area (Å²) in [5.74, 6) is -0.880. The third-order valence-corrected chi connectivity index (χ3v) is 6.60. The van der Waals surface area contributed by atoms with E-state index >= 15 is 0 Å². The first-order chi connectivity index (χ1) is 18.7. The number of alkyl carbamates (subject to hydrolysis) is 1. The van der Waals surface area contributed by atoms with Gasteiger partial charge < -0.3 is 24.4 Å². The molecule has 0 radical (unpaired) electrons. The van der Waals surface area contributed by atoms with E-state index in [1.54, 1.807) is 20.0 Å². The van der Waals surface area contributed by atoms with E-state index in [4.69, 9.17) is 14.2 Å². The molecule has 1 aromatic carbocycles. The number of esters is 1. The van der Waals surface area contributed by atoms with Gasteiger partial charge in [0.25, 0.3) is 0 Å². The van der Waals surface area contributed by atoms with Crippen LogP contribution in [-0.4, -0.2) is 72.1 Å². The van der Waals surface area contributed by atoms with Crippen LogP contribution in [-0.2, 0) is 23.9 Å². The summed E-state index contributed by atoms with van der Waals surface area (Å²) >= 11 is 0. The normalized spacial score (nSPS) is 22.3. The van der Waals surface area contributed by atoms with E-state index in [-0.39, 0.29) is 38.2 Å². The molecule has 39 heavy (non-hydrogen) atoms. The molecule has 3 heterocycles. The van der Waals surface area contributed by atoms with Crippen LogP contribution in [0.2, 0.25) is 0 Å². The van der Waals surface area contributed by atoms with E-state index in [2.05, 4.69) is 10.3 Å². The number of benzene rings is 1. The number of aromatic nitrogens is 1. The molecule has 206 valence electrons. The standard InChI is InChI=1S/C29H33N3O7/c1-18(2)14-21(33)9-10-24-27(34)32-17-22(16-25(32)28(35)37-3)39-26-23-15-19(7-8-20(23)11-12-30-26)6-4-5-13-38-29(36)31-24/h4,6-8,11-12,14-15,22,24-25H,5,9-10,13,16-17H2,1-3H3,(H,31,36)/b6-4+/t22-,24+,25+/m1/s1. The maximum absolute atomic E-state index is 13.7. The van der Waals surface area contributed by atoms with Crippen LogP contribution < -0.4 is 10.1 Å². The molecule has 0 unspecified atom stereocenters. The monoisotopic (exact) mass is 535 g/mol. The Morgan fingerprint density at radius 3 is 2.82 bits per heavy atom. The van der Waals surface area contributed by atoms with Gasteiger partial charge in [-0.3, -0.25) is 9.59 Å². The Balaban J connectivity index is 1.67. The lowest BCUT2D eigenvalue weighted by Gasteiger charge is -2.27. The number of carbonyl (C=O) groups excluding carboxylic acids is 4. The average molecular weight is 536 g/mol. The zero-order valence-electron chi connectivity index (χ0n) is 22.3. The van der Waals surface area contributed by atoms with Crippen LogP contribution in [0.15, 0.2) is 48.2 Å². The summed E-state index contributed by atoms with van der Waals surface area (Å²) in [5, 5.41) is 4.33. The fraction of sp³-hybridized carbons (Fsp3) is 0.414. The Bertz CT molecular complexity index is 1320. The molecule has 10 nitrogen and oxygen atoms in total. The van der Waals surface area contributed by atoms with E-state index in [0.717, 1.165) is 21.9 Å². The predicted octanol–water partition coefficient (Wildman–Crippen LogP) is 3.58. The van der Waals surface area contributed by atoms with Crippen LogP contribution in [0, 0.1) is 0 Å². The minimum absolute atomic E-state index is 0.0305. The first kappa shape index (κ1) is 27.8. The molecule has 2 aliphatic rings. The number of cyclic esters (lactones) is 1. The molecule has 1 saturated heterocycles. The molecule has 2 aliphatic heterocycles. The maximum Gasteiger partial charge on any atom is 0.407 e. The number of ether oxygens (including phenoxy) is 3. The lowest BCUT2D eigenvalue weighted by atomic mass is 10.1. The molecule has 3 atom stereocenters. The van der Waals surface area contributed by atoms with Crippen molar-refractivity contribution in [2.45, 2.75) is 57.7 Å². The highest BCUT2D eigenvalue weighted by atomic mass is 16.5. The zero-order chi connectivity index (χ0) is 27.9. The summed E-state index contributed by atoms with van der Waals surface area (Å²) in [4.78, 5) is 57.1. The van der Waals surface area contributed by atoms with Crippen LogP contribution in [0.4, 0.5) is 4.79 Å². The Morgan fingerprint density at radius 2 is 2.05 bits per heavy atom. The Kier molecular flexibility index (Phi) is 8.96. The molecule has 0 saturated carbocycles. The number of allylic oxidation sites excluding steroid dienone is 2. The molecular formula is C29H33N3O7. The highest BCUT2D eigenvalue weighted by Crippen LogP contribution is 2.30. The molecule has 0 spiro atoms. The lowest BCUT2D eigenvalue weighted by Crippen LogP contribution is -2.52. The van der Waals surface area contributed by atoms with Gasteiger partial charge in [0, 0.05) is 24.4 Å². The first-order valence-corrected chi connectivity index (χ1v) is 13.0. The SMILES string of the molecule is COC(=O)[C@@H]1C[C@@H]2CN1C(=O)[C@H](CCC(=O)C=C(C)C)NC(=O)OCC/C=C/c1ccc3ccnc(c3c1)O2. The number of amides is 2. The second kappa shape index (κ2) is 12.6. The van der Waals surface area contributed by atoms with E-state index in [9.17, 15) is 19.2 Å². The maximum atomic E-state index is 13.7. The quantitative estimate of drug-likeness (QED) is 0.455. The van der Waals surface area contributed by atoms with Gasteiger partial charge in [0.1, 0.15) is 18.2 Å². The van der Waals surface area contributed by atoms with Gasteiger partial charge in [-0.2, -0.15) is 0 Å². The van der Waals surface area contributed by atoms with Crippen molar-refractivity contribution >= 4 is 40.6 Å². The highest BCUT2D eigenvalue weighted by molar-refractivity contribution is 5.93. The number of ketones is 1. The van der Waals surface area contributed by atoms with Crippen molar-refractivity contribution < 1.29 is 33.4 Å². The summed E-state index contributed by atoms with van der Waals surface area (Å²) in [5.41, 5.74) is 1.76. The summed E-state index contributed by atoms with van der Waals surface area (Å²) in [6.07, 6.45) is 6.33. The molecular weight excluding hydrogens is 502 g/mol. The van der Waals surface area contributed by atoms with Crippen LogP contribution in [0.1, 0.15) is 45.1 Å². The number of carbonyl (C=O) groups is 4. The van der Waals surface area contributed by atoms with Gasteiger partial charge in [0.05, 0.1) is 20.3 Å². The number of nitrogens with zero attached hydrogens (tertiary/aromatic N) is 2. The van der Waals surface area contributed by atoms with Crippen molar-refractivity contribution in [1.82, 2.24) is 15.2 Å². The van der Waals surface area contributed by atoms with Crippen LogP contribution in [0.5, 0.6) is 5.88 Å². The lowest BCUT2D eigenvalue weighted by molar-refractivity contribution is -0.151. The smallest absolute Gasteiger partial charge is 0.407 e. The molecule has 4 rings (SSSR count). The van der Waals surface area contributed by atoms with Gasteiger partial charge in [-0.15, -0.1) is 0 Å². The van der Waals surface area contributed by atoms with Gasteiger partial charge in [-0.1, -0.05) is 29.9 Å². The third-order valence-electron chi connectivity index (χ3n) is 6.60. The number of pyridine rings is 1. The van der Waals surface area contributed by atoms with E-state index in [0.29, 0.717) is 12.3 Å². The van der Waals surface area contributed by atoms with Crippen molar-refractivity contribution in [2.75, 3.05) is 20.3 Å². The number of rotatable bonds is 5. The minimum atomic E-state index is -1.08. The van der Waals surface area contributed by atoms with Gasteiger partial charge in [-0.05, 0) is 55.8 Å². The van der Waals surface area contributed by atoms with E-state index in [1.807, 2.05) is 36.4 Å².